The van der Waals surface area contributed by atoms with Crippen molar-refractivity contribution in [1.29, 1.82) is 0 Å². The lowest BCUT2D eigenvalue weighted by atomic mass is 10.1. The zero-order valence-electron chi connectivity index (χ0n) is 11.8. The minimum Gasteiger partial charge on any atom is -0.496 e. The molecular formula is C15H15BrClN3O. The molecule has 1 fully saturated rings. The van der Waals surface area contributed by atoms with Gasteiger partial charge in [0, 0.05) is 18.0 Å². The van der Waals surface area contributed by atoms with Crippen LogP contribution in [0.5, 0.6) is 5.75 Å². The second kappa shape index (κ2) is 5.81. The van der Waals surface area contributed by atoms with Gasteiger partial charge in [-0.05, 0) is 47.0 Å². The van der Waals surface area contributed by atoms with Crippen molar-refractivity contribution in [2.45, 2.75) is 18.8 Å². The van der Waals surface area contributed by atoms with Gasteiger partial charge in [0.1, 0.15) is 11.6 Å². The normalized spacial score (nSPS) is 14.1. The Labute approximate surface area is 137 Å². The van der Waals surface area contributed by atoms with Gasteiger partial charge in [-0.3, -0.25) is 0 Å². The van der Waals surface area contributed by atoms with Gasteiger partial charge in [-0.2, -0.15) is 0 Å². The van der Waals surface area contributed by atoms with Gasteiger partial charge in [0.25, 0.3) is 0 Å². The van der Waals surface area contributed by atoms with Gasteiger partial charge < -0.3 is 10.1 Å². The quantitative estimate of drug-likeness (QED) is 0.864. The van der Waals surface area contributed by atoms with Crippen LogP contribution in [0.25, 0.3) is 11.4 Å². The molecule has 0 atom stereocenters. The molecular weight excluding hydrogens is 354 g/mol. The van der Waals surface area contributed by atoms with E-state index in [2.05, 4.69) is 26.2 Å². The van der Waals surface area contributed by atoms with Crippen LogP contribution in [0.4, 0.5) is 5.82 Å². The molecule has 1 aromatic carbocycles. The highest BCUT2D eigenvalue weighted by atomic mass is 79.9. The van der Waals surface area contributed by atoms with E-state index in [0.29, 0.717) is 22.5 Å². The predicted octanol–water partition coefficient (Wildman–Crippen LogP) is 4.49. The van der Waals surface area contributed by atoms with Crippen LogP contribution in [0.2, 0.25) is 5.02 Å². The van der Waals surface area contributed by atoms with E-state index in [4.69, 9.17) is 21.3 Å². The molecule has 110 valence electrons. The van der Waals surface area contributed by atoms with Crippen molar-refractivity contribution in [1.82, 2.24) is 9.97 Å². The number of halogens is 2. The molecule has 1 N–H and O–H groups in total. The van der Waals surface area contributed by atoms with E-state index in [1.807, 2.05) is 19.2 Å². The van der Waals surface area contributed by atoms with E-state index in [9.17, 15) is 0 Å². The maximum absolute atomic E-state index is 6.02. The zero-order valence-corrected chi connectivity index (χ0v) is 14.1. The van der Waals surface area contributed by atoms with Gasteiger partial charge in [0.05, 0.1) is 22.8 Å². The first kappa shape index (κ1) is 14.6. The molecule has 0 bridgehead atoms. The van der Waals surface area contributed by atoms with Crippen LogP contribution in [0.15, 0.2) is 22.7 Å². The minimum absolute atomic E-state index is 0.520. The minimum atomic E-state index is 0.520. The summed E-state index contributed by atoms with van der Waals surface area (Å²) in [6, 6.07) is 5.49. The summed E-state index contributed by atoms with van der Waals surface area (Å²) in [5, 5.41) is 3.74. The summed E-state index contributed by atoms with van der Waals surface area (Å²) in [6.45, 7) is 0. The molecule has 1 aliphatic carbocycles. The number of hydrogen-bond donors (Lipinski definition) is 1. The SMILES string of the molecule is CNc1nc(-c2ccc(Cl)cc2OC)nc(C2CC2)c1Br. The van der Waals surface area contributed by atoms with Crippen molar-refractivity contribution in [3.8, 4) is 17.1 Å². The molecule has 3 rings (SSSR count). The number of aromatic nitrogens is 2. The van der Waals surface area contributed by atoms with E-state index in [1.54, 1.807) is 13.2 Å². The molecule has 0 saturated heterocycles. The smallest absolute Gasteiger partial charge is 0.165 e. The Morgan fingerprint density at radius 2 is 2.10 bits per heavy atom. The number of ether oxygens (including phenoxy) is 1. The largest absolute Gasteiger partial charge is 0.496 e. The number of nitrogens with zero attached hydrogens (tertiary/aromatic N) is 2. The zero-order chi connectivity index (χ0) is 15.0. The second-order valence-corrected chi connectivity index (χ2v) is 6.19. The molecule has 1 aliphatic rings. The summed E-state index contributed by atoms with van der Waals surface area (Å²) in [4.78, 5) is 9.31. The van der Waals surface area contributed by atoms with Crippen LogP contribution in [0.1, 0.15) is 24.5 Å². The maximum Gasteiger partial charge on any atom is 0.165 e. The molecule has 0 unspecified atom stereocenters. The molecule has 4 nitrogen and oxygen atoms in total. The van der Waals surface area contributed by atoms with Gasteiger partial charge in [0.2, 0.25) is 0 Å². The third-order valence-corrected chi connectivity index (χ3v) is 4.50. The highest BCUT2D eigenvalue weighted by molar-refractivity contribution is 9.10. The van der Waals surface area contributed by atoms with Crippen LogP contribution in [-0.4, -0.2) is 24.1 Å². The Balaban J connectivity index is 2.16. The fourth-order valence-corrected chi connectivity index (χ4v) is 3.09. The molecule has 1 saturated carbocycles. The third kappa shape index (κ3) is 2.85. The van der Waals surface area contributed by atoms with E-state index in [-0.39, 0.29) is 0 Å². The maximum atomic E-state index is 6.02. The van der Waals surface area contributed by atoms with Crippen molar-refractivity contribution in [3.63, 3.8) is 0 Å². The molecule has 1 heterocycles. The van der Waals surface area contributed by atoms with Crippen LogP contribution in [0.3, 0.4) is 0 Å². The van der Waals surface area contributed by atoms with Crippen LogP contribution in [-0.2, 0) is 0 Å². The first-order valence-corrected chi connectivity index (χ1v) is 7.90. The highest BCUT2D eigenvalue weighted by Crippen LogP contribution is 2.45. The number of anilines is 1. The number of benzene rings is 1. The highest BCUT2D eigenvalue weighted by Gasteiger charge is 2.29. The lowest BCUT2D eigenvalue weighted by Crippen LogP contribution is -2.03. The molecule has 6 heteroatoms. The Hall–Kier alpha value is -1.33. The number of rotatable bonds is 4. The number of nitrogens with one attached hydrogen (secondary N) is 1. The average molecular weight is 369 g/mol. The monoisotopic (exact) mass is 367 g/mol. The van der Waals surface area contributed by atoms with E-state index >= 15 is 0 Å². The standard InChI is InChI=1S/C15H15BrClN3O/c1-18-15-12(16)13(8-3-4-8)19-14(20-15)10-6-5-9(17)7-11(10)21-2/h5-8H,3-4H2,1-2H3,(H,18,19,20). The van der Waals surface area contributed by atoms with Gasteiger partial charge in [-0.25, -0.2) is 9.97 Å². The molecule has 21 heavy (non-hydrogen) atoms. The van der Waals surface area contributed by atoms with Crippen LogP contribution >= 0.6 is 27.5 Å². The van der Waals surface area contributed by atoms with Crippen molar-refractivity contribution >= 4 is 33.3 Å². The van der Waals surface area contributed by atoms with Gasteiger partial charge in [0.15, 0.2) is 5.82 Å². The van der Waals surface area contributed by atoms with Crippen LogP contribution in [0, 0.1) is 0 Å². The summed E-state index contributed by atoms with van der Waals surface area (Å²) >= 11 is 9.61. The van der Waals surface area contributed by atoms with Crippen molar-refractivity contribution in [2.24, 2.45) is 0 Å². The number of hydrogen-bond acceptors (Lipinski definition) is 4. The lowest BCUT2D eigenvalue weighted by molar-refractivity contribution is 0.416. The van der Waals surface area contributed by atoms with Gasteiger partial charge in [-0.1, -0.05) is 11.6 Å². The van der Waals surface area contributed by atoms with Gasteiger partial charge >= 0.3 is 0 Å². The van der Waals surface area contributed by atoms with Gasteiger partial charge in [-0.15, -0.1) is 0 Å². The Kier molecular flexibility index (Phi) is 4.04. The Morgan fingerprint density at radius 3 is 2.71 bits per heavy atom. The van der Waals surface area contributed by atoms with Crippen molar-refractivity contribution < 1.29 is 4.74 Å². The Morgan fingerprint density at radius 1 is 1.33 bits per heavy atom. The summed E-state index contributed by atoms with van der Waals surface area (Å²) < 4.78 is 6.35. The Bertz CT molecular complexity index is 689. The van der Waals surface area contributed by atoms with E-state index in [0.717, 1.165) is 21.5 Å². The van der Waals surface area contributed by atoms with E-state index in [1.165, 1.54) is 12.8 Å². The van der Waals surface area contributed by atoms with E-state index < -0.39 is 0 Å². The predicted molar refractivity (Wildman–Crippen MR) is 88.3 cm³/mol. The molecule has 0 radical (unpaired) electrons. The first-order chi connectivity index (χ1) is 10.1. The summed E-state index contributed by atoms with van der Waals surface area (Å²) in [5.74, 6) is 2.64. The van der Waals surface area contributed by atoms with Crippen molar-refractivity contribution in [3.05, 3.63) is 33.4 Å². The molecule has 0 amide bonds. The fourth-order valence-electron chi connectivity index (χ4n) is 2.23. The summed E-state index contributed by atoms with van der Waals surface area (Å²) in [7, 11) is 3.47. The average Bonchev–Trinajstić information content (AvgIpc) is 3.32. The molecule has 0 aliphatic heterocycles. The molecule has 2 aromatic rings. The first-order valence-electron chi connectivity index (χ1n) is 6.73. The number of methoxy groups -OCH3 is 1. The lowest BCUT2D eigenvalue weighted by Gasteiger charge is -2.13. The third-order valence-electron chi connectivity index (χ3n) is 3.48. The molecule has 0 spiro atoms. The van der Waals surface area contributed by atoms with Crippen LogP contribution < -0.4 is 10.1 Å². The fraction of sp³-hybridized carbons (Fsp3) is 0.333. The topological polar surface area (TPSA) is 47.0 Å². The second-order valence-electron chi connectivity index (χ2n) is 4.96. The summed E-state index contributed by atoms with van der Waals surface area (Å²) in [5.41, 5.74) is 1.90. The summed E-state index contributed by atoms with van der Waals surface area (Å²) in [6.07, 6.45) is 2.35. The molecule has 1 aromatic heterocycles. The van der Waals surface area contributed by atoms with Crippen molar-refractivity contribution in [2.75, 3.05) is 19.5 Å².